The number of nitrogens with one attached hydrogen (secondary N) is 1. The van der Waals surface area contributed by atoms with Crippen LogP contribution in [-0.2, 0) is 6.42 Å². The monoisotopic (exact) mass is 273 g/mol. The van der Waals surface area contributed by atoms with E-state index < -0.39 is 12.8 Å². The van der Waals surface area contributed by atoms with Gasteiger partial charge in [-0.2, -0.15) is 13.2 Å². The smallest absolute Gasteiger partial charge is 0.422 e. The summed E-state index contributed by atoms with van der Waals surface area (Å²) in [6.45, 7) is 1.78. The van der Waals surface area contributed by atoms with Crippen LogP contribution in [0.25, 0.3) is 0 Å². The minimum absolute atomic E-state index is 0.240. The summed E-state index contributed by atoms with van der Waals surface area (Å²) in [5.74, 6) is 0.371. The van der Waals surface area contributed by atoms with Crippen LogP contribution in [0.3, 0.4) is 0 Å². The van der Waals surface area contributed by atoms with E-state index >= 15 is 0 Å². The number of alkyl halides is 3. The van der Waals surface area contributed by atoms with Crippen LogP contribution in [0.5, 0.6) is 5.75 Å². The lowest BCUT2D eigenvalue weighted by Crippen LogP contribution is -2.20. The molecule has 1 aromatic rings. The first-order chi connectivity index (χ1) is 9.01. The summed E-state index contributed by atoms with van der Waals surface area (Å²) in [7, 11) is 0. The second-order valence-electron chi connectivity index (χ2n) is 4.77. The van der Waals surface area contributed by atoms with E-state index in [4.69, 9.17) is 4.74 Å². The fourth-order valence-electron chi connectivity index (χ4n) is 2.45. The van der Waals surface area contributed by atoms with E-state index in [1.807, 2.05) is 6.07 Å². The van der Waals surface area contributed by atoms with E-state index in [1.165, 1.54) is 0 Å². The third-order valence-corrected chi connectivity index (χ3v) is 3.26. The Balaban J connectivity index is 2.09. The number of ether oxygens (including phenoxy) is 1. The topological polar surface area (TPSA) is 21.3 Å². The molecule has 0 bridgehead atoms. The van der Waals surface area contributed by atoms with Gasteiger partial charge < -0.3 is 10.1 Å². The summed E-state index contributed by atoms with van der Waals surface area (Å²) in [5, 5.41) is 3.41. The molecule has 0 aromatic heterocycles. The van der Waals surface area contributed by atoms with Gasteiger partial charge in [0.2, 0.25) is 0 Å². The van der Waals surface area contributed by atoms with Crippen LogP contribution < -0.4 is 10.1 Å². The molecule has 1 N–H and O–H groups in total. The van der Waals surface area contributed by atoms with Gasteiger partial charge in [0.15, 0.2) is 6.61 Å². The average Bonchev–Trinajstić information content (AvgIpc) is 2.76. The molecule has 0 amide bonds. The van der Waals surface area contributed by atoms with E-state index in [9.17, 15) is 13.2 Å². The van der Waals surface area contributed by atoms with Crippen LogP contribution in [0.2, 0.25) is 0 Å². The Morgan fingerprint density at radius 2 is 2.16 bits per heavy atom. The van der Waals surface area contributed by atoms with Crippen LogP contribution in [0.4, 0.5) is 13.2 Å². The van der Waals surface area contributed by atoms with Crippen molar-refractivity contribution in [2.24, 2.45) is 0 Å². The highest BCUT2D eigenvalue weighted by Crippen LogP contribution is 2.37. The van der Waals surface area contributed by atoms with Gasteiger partial charge in [-0.25, -0.2) is 0 Å². The van der Waals surface area contributed by atoms with Gasteiger partial charge in [0.25, 0.3) is 0 Å². The van der Waals surface area contributed by atoms with Crippen LogP contribution in [0.15, 0.2) is 18.2 Å². The highest BCUT2D eigenvalue weighted by Gasteiger charge is 2.30. The lowest BCUT2D eigenvalue weighted by Gasteiger charge is -2.15. The van der Waals surface area contributed by atoms with Crippen molar-refractivity contribution in [3.05, 3.63) is 29.3 Å². The van der Waals surface area contributed by atoms with E-state index in [-0.39, 0.29) is 6.04 Å². The van der Waals surface area contributed by atoms with Crippen molar-refractivity contribution in [2.45, 2.75) is 38.4 Å². The molecule has 0 saturated carbocycles. The predicted molar refractivity (Wildman–Crippen MR) is 67.3 cm³/mol. The summed E-state index contributed by atoms with van der Waals surface area (Å²) >= 11 is 0. The van der Waals surface area contributed by atoms with Gasteiger partial charge in [-0.15, -0.1) is 0 Å². The molecule has 1 aliphatic carbocycles. The van der Waals surface area contributed by atoms with E-state index in [0.29, 0.717) is 5.75 Å². The van der Waals surface area contributed by atoms with E-state index in [0.717, 1.165) is 36.9 Å². The molecule has 1 atom stereocenters. The SMILES string of the molecule is CCCNC1CCc2c(OCC(F)(F)F)cccc21. The zero-order valence-corrected chi connectivity index (χ0v) is 10.9. The van der Waals surface area contributed by atoms with Crippen molar-refractivity contribution in [1.82, 2.24) is 5.32 Å². The molecule has 1 aromatic carbocycles. The molecule has 0 aliphatic heterocycles. The summed E-state index contributed by atoms with van der Waals surface area (Å²) < 4.78 is 41.5. The van der Waals surface area contributed by atoms with Gasteiger partial charge >= 0.3 is 6.18 Å². The molecule has 2 nitrogen and oxygen atoms in total. The Hall–Kier alpha value is -1.23. The Kier molecular flexibility index (Phi) is 4.34. The highest BCUT2D eigenvalue weighted by molar-refractivity contribution is 5.45. The number of hydrogen-bond acceptors (Lipinski definition) is 2. The number of rotatable bonds is 5. The number of hydrogen-bond donors (Lipinski definition) is 1. The third kappa shape index (κ3) is 3.62. The summed E-state index contributed by atoms with van der Waals surface area (Å²) in [6.07, 6.45) is -1.57. The minimum atomic E-state index is -4.29. The van der Waals surface area contributed by atoms with Crippen molar-refractivity contribution < 1.29 is 17.9 Å². The molecule has 0 saturated heterocycles. The maximum atomic E-state index is 12.2. The second-order valence-corrected chi connectivity index (χ2v) is 4.77. The van der Waals surface area contributed by atoms with Crippen molar-refractivity contribution >= 4 is 0 Å². The summed E-state index contributed by atoms with van der Waals surface area (Å²) in [6, 6.07) is 5.59. The Morgan fingerprint density at radius 1 is 1.37 bits per heavy atom. The van der Waals surface area contributed by atoms with Crippen LogP contribution in [0, 0.1) is 0 Å². The molecular formula is C14H18F3NO. The van der Waals surface area contributed by atoms with Crippen molar-refractivity contribution in [2.75, 3.05) is 13.2 Å². The maximum Gasteiger partial charge on any atom is 0.422 e. The van der Waals surface area contributed by atoms with Gasteiger partial charge in [0.1, 0.15) is 5.75 Å². The van der Waals surface area contributed by atoms with Gasteiger partial charge in [-0.3, -0.25) is 0 Å². The molecule has 0 fully saturated rings. The molecule has 0 spiro atoms. The largest absolute Gasteiger partial charge is 0.484 e. The first-order valence-electron chi connectivity index (χ1n) is 6.56. The molecule has 5 heteroatoms. The Labute approximate surface area is 111 Å². The normalized spacial score (nSPS) is 18.4. The van der Waals surface area contributed by atoms with E-state index in [2.05, 4.69) is 12.2 Å². The molecule has 0 radical (unpaired) electrons. The van der Waals surface area contributed by atoms with Crippen molar-refractivity contribution in [3.63, 3.8) is 0 Å². The molecular weight excluding hydrogens is 255 g/mol. The van der Waals surface area contributed by atoms with Crippen molar-refractivity contribution in [3.8, 4) is 5.75 Å². The van der Waals surface area contributed by atoms with Gasteiger partial charge in [-0.05, 0) is 43.0 Å². The van der Waals surface area contributed by atoms with Crippen LogP contribution >= 0.6 is 0 Å². The Bertz CT molecular complexity index is 431. The highest BCUT2D eigenvalue weighted by atomic mass is 19.4. The van der Waals surface area contributed by atoms with Gasteiger partial charge in [-0.1, -0.05) is 19.1 Å². The number of fused-ring (bicyclic) bond motifs is 1. The minimum Gasteiger partial charge on any atom is -0.484 e. The van der Waals surface area contributed by atoms with Gasteiger partial charge in [0.05, 0.1) is 0 Å². The predicted octanol–water partition coefficient (Wildman–Crippen LogP) is 3.61. The zero-order chi connectivity index (χ0) is 13.9. The summed E-state index contributed by atoms with van der Waals surface area (Å²) in [4.78, 5) is 0. The summed E-state index contributed by atoms with van der Waals surface area (Å²) in [5.41, 5.74) is 1.99. The maximum absolute atomic E-state index is 12.2. The number of halogens is 3. The first-order valence-corrected chi connectivity index (χ1v) is 6.56. The lowest BCUT2D eigenvalue weighted by molar-refractivity contribution is -0.153. The van der Waals surface area contributed by atoms with E-state index in [1.54, 1.807) is 12.1 Å². The van der Waals surface area contributed by atoms with Gasteiger partial charge in [0, 0.05) is 6.04 Å². The zero-order valence-electron chi connectivity index (χ0n) is 10.9. The molecule has 1 aliphatic rings. The Morgan fingerprint density at radius 3 is 2.84 bits per heavy atom. The molecule has 2 rings (SSSR count). The average molecular weight is 273 g/mol. The molecule has 19 heavy (non-hydrogen) atoms. The standard InChI is InChI=1S/C14H18F3NO/c1-2-8-18-12-7-6-11-10(12)4-3-5-13(11)19-9-14(15,16)17/h3-5,12,18H,2,6-9H2,1H3. The molecule has 1 unspecified atom stereocenters. The van der Waals surface area contributed by atoms with Crippen LogP contribution in [-0.4, -0.2) is 19.3 Å². The first kappa shape index (κ1) is 14.2. The fourth-order valence-corrected chi connectivity index (χ4v) is 2.45. The number of benzene rings is 1. The second kappa shape index (κ2) is 5.82. The quantitative estimate of drug-likeness (QED) is 0.884. The fraction of sp³-hybridized carbons (Fsp3) is 0.571. The van der Waals surface area contributed by atoms with Crippen LogP contribution in [0.1, 0.15) is 36.9 Å². The molecule has 106 valence electrons. The lowest BCUT2D eigenvalue weighted by atomic mass is 10.1. The molecule has 0 heterocycles. The van der Waals surface area contributed by atoms with Crippen molar-refractivity contribution in [1.29, 1.82) is 0 Å². The third-order valence-electron chi connectivity index (χ3n) is 3.26.